The molecule has 2 aliphatic rings. The van der Waals surface area contributed by atoms with E-state index in [2.05, 4.69) is 36.5 Å². The molecule has 0 nitrogen and oxygen atoms in total. The maximum Gasteiger partial charge on any atom is -0.0163 e. The van der Waals surface area contributed by atoms with Gasteiger partial charge in [0.2, 0.25) is 0 Å². The molecule has 42 valence electrons. The summed E-state index contributed by atoms with van der Waals surface area (Å²) in [4.78, 5) is 0. The molecule has 0 heteroatoms. The van der Waals surface area contributed by atoms with E-state index in [4.69, 9.17) is 0 Å². The zero-order valence-corrected chi connectivity index (χ0v) is 4.88. The number of hydrogen-bond donors (Lipinski definition) is 0. The van der Waals surface area contributed by atoms with Crippen molar-refractivity contribution in [1.29, 1.82) is 0 Å². The standard InChI is InChI=1S/C5H6.C3H4/c1-2-4-5-3-1;1-2-3-1/h1-4H,5H2;1-2H,3H2. The molecule has 2 aliphatic carbocycles. The van der Waals surface area contributed by atoms with Gasteiger partial charge in [-0.15, -0.1) is 0 Å². The number of hydrogen-bond acceptors (Lipinski definition) is 0. The first-order chi connectivity index (χ1) is 4.00. The lowest BCUT2D eigenvalue weighted by Gasteiger charge is -1.57. The largest absolute Gasteiger partial charge is 0.0844 e. The van der Waals surface area contributed by atoms with E-state index >= 15 is 0 Å². The summed E-state index contributed by atoms with van der Waals surface area (Å²) in [6.45, 7) is 0. The van der Waals surface area contributed by atoms with Crippen LogP contribution >= 0.6 is 0 Å². The maximum atomic E-state index is 2.12. The van der Waals surface area contributed by atoms with Crippen LogP contribution < -0.4 is 0 Å². The summed E-state index contributed by atoms with van der Waals surface area (Å²) < 4.78 is 0. The Kier molecular flexibility index (Phi) is 2.18. The molecule has 0 spiro atoms. The van der Waals surface area contributed by atoms with Gasteiger partial charge in [0.15, 0.2) is 0 Å². The fourth-order valence-corrected chi connectivity index (χ4v) is 0.393. The molecule has 0 aliphatic heterocycles. The van der Waals surface area contributed by atoms with Gasteiger partial charge in [0.25, 0.3) is 0 Å². The second kappa shape index (κ2) is 3.25. The van der Waals surface area contributed by atoms with Gasteiger partial charge in [0.05, 0.1) is 0 Å². The van der Waals surface area contributed by atoms with Crippen LogP contribution in [-0.4, -0.2) is 0 Å². The molecular formula is C8H10. The third-order valence-electron chi connectivity index (χ3n) is 0.891. The second-order valence-electron chi connectivity index (χ2n) is 1.80. The SMILES string of the molecule is C1=CC1.C1=CCC=C1. The van der Waals surface area contributed by atoms with Crippen molar-refractivity contribution in [2.75, 3.05) is 0 Å². The topological polar surface area (TPSA) is 0 Å². The highest BCUT2D eigenvalue weighted by Crippen LogP contribution is 1.96. The van der Waals surface area contributed by atoms with Crippen LogP contribution in [0.3, 0.4) is 0 Å². The van der Waals surface area contributed by atoms with Gasteiger partial charge in [-0.2, -0.15) is 0 Å². The summed E-state index contributed by atoms with van der Waals surface area (Å²) in [5.41, 5.74) is 0. The minimum atomic E-state index is 1.14. The predicted molar refractivity (Wildman–Crippen MR) is 36.7 cm³/mol. The van der Waals surface area contributed by atoms with E-state index in [1.807, 2.05) is 0 Å². The smallest absolute Gasteiger partial charge is 0.0163 e. The highest BCUT2D eigenvalue weighted by molar-refractivity contribution is 5.11. The molecule has 2 rings (SSSR count). The van der Waals surface area contributed by atoms with E-state index in [0.717, 1.165) is 6.42 Å². The lowest BCUT2D eigenvalue weighted by Crippen LogP contribution is -1.37. The molecule has 0 N–H and O–H groups in total. The van der Waals surface area contributed by atoms with Gasteiger partial charge in [0, 0.05) is 0 Å². The van der Waals surface area contributed by atoms with E-state index < -0.39 is 0 Å². The number of rotatable bonds is 0. The minimum Gasteiger partial charge on any atom is -0.0844 e. The molecule has 0 aromatic rings. The quantitative estimate of drug-likeness (QED) is 0.416. The first-order valence-corrected chi connectivity index (χ1v) is 2.97. The van der Waals surface area contributed by atoms with Crippen LogP contribution in [0.5, 0.6) is 0 Å². The molecule has 0 amide bonds. The zero-order chi connectivity index (χ0) is 5.66. The van der Waals surface area contributed by atoms with E-state index in [0.29, 0.717) is 0 Å². The second-order valence-corrected chi connectivity index (χ2v) is 1.80. The van der Waals surface area contributed by atoms with Gasteiger partial charge in [-0.3, -0.25) is 0 Å². The molecule has 0 saturated heterocycles. The summed E-state index contributed by atoms with van der Waals surface area (Å²) in [5.74, 6) is 0. The van der Waals surface area contributed by atoms with Crippen molar-refractivity contribution in [2.24, 2.45) is 0 Å². The van der Waals surface area contributed by atoms with Crippen molar-refractivity contribution >= 4 is 0 Å². The molecule has 0 fully saturated rings. The molecular weight excluding hydrogens is 96.1 g/mol. The Bertz CT molecular complexity index is 113. The summed E-state index contributed by atoms with van der Waals surface area (Å²) in [6.07, 6.45) is 15.0. The summed E-state index contributed by atoms with van der Waals surface area (Å²) >= 11 is 0. The van der Waals surface area contributed by atoms with Crippen LogP contribution in [-0.2, 0) is 0 Å². The highest BCUT2D eigenvalue weighted by atomic mass is 13.8. The fraction of sp³-hybridized carbons (Fsp3) is 0.250. The van der Waals surface area contributed by atoms with Gasteiger partial charge in [-0.1, -0.05) is 36.5 Å². The molecule has 0 heterocycles. The lowest BCUT2D eigenvalue weighted by atomic mass is 10.5. The van der Waals surface area contributed by atoms with Crippen LogP contribution in [0, 0.1) is 0 Å². The number of allylic oxidation sites excluding steroid dienone is 6. The molecule has 0 bridgehead atoms. The summed E-state index contributed by atoms with van der Waals surface area (Å²) in [7, 11) is 0. The van der Waals surface area contributed by atoms with Crippen molar-refractivity contribution in [3.05, 3.63) is 36.5 Å². The summed E-state index contributed by atoms with van der Waals surface area (Å²) in [5, 5.41) is 0. The normalized spacial score (nSPS) is 18.0. The fourth-order valence-electron chi connectivity index (χ4n) is 0.393. The van der Waals surface area contributed by atoms with Gasteiger partial charge in [-0.05, 0) is 12.8 Å². The van der Waals surface area contributed by atoms with Crippen LogP contribution in [0.4, 0.5) is 0 Å². The van der Waals surface area contributed by atoms with Crippen molar-refractivity contribution in [2.45, 2.75) is 12.8 Å². The first-order valence-electron chi connectivity index (χ1n) is 2.97. The monoisotopic (exact) mass is 106 g/mol. The Hall–Kier alpha value is -0.780. The molecule has 0 radical (unpaired) electrons. The van der Waals surface area contributed by atoms with Crippen LogP contribution in [0.25, 0.3) is 0 Å². The van der Waals surface area contributed by atoms with Gasteiger partial charge < -0.3 is 0 Å². The zero-order valence-electron chi connectivity index (χ0n) is 4.88. The third kappa shape index (κ3) is 3.41. The average Bonchev–Trinajstić information content (AvgIpc) is 2.55. The van der Waals surface area contributed by atoms with Crippen LogP contribution in [0.15, 0.2) is 36.5 Å². The Labute approximate surface area is 50.2 Å². The molecule has 0 atom stereocenters. The lowest BCUT2D eigenvalue weighted by molar-refractivity contribution is 1.45. The van der Waals surface area contributed by atoms with E-state index in [1.165, 1.54) is 6.42 Å². The Morgan fingerprint density at radius 2 is 1.00 bits per heavy atom. The van der Waals surface area contributed by atoms with Gasteiger partial charge in [-0.25, -0.2) is 0 Å². The third-order valence-corrected chi connectivity index (χ3v) is 0.891. The maximum absolute atomic E-state index is 2.12. The molecule has 8 heavy (non-hydrogen) atoms. The minimum absolute atomic E-state index is 1.14. The van der Waals surface area contributed by atoms with Crippen molar-refractivity contribution in [3.63, 3.8) is 0 Å². The predicted octanol–water partition coefficient (Wildman–Crippen LogP) is 2.45. The van der Waals surface area contributed by atoms with Crippen LogP contribution in [0.1, 0.15) is 12.8 Å². The molecule has 0 aromatic carbocycles. The first kappa shape index (κ1) is 5.36. The van der Waals surface area contributed by atoms with E-state index in [9.17, 15) is 0 Å². The molecule has 0 unspecified atom stereocenters. The Morgan fingerprint density at radius 1 is 0.625 bits per heavy atom. The molecule has 0 saturated carbocycles. The highest BCUT2D eigenvalue weighted by Gasteiger charge is 1.75. The van der Waals surface area contributed by atoms with E-state index in [-0.39, 0.29) is 0 Å². The van der Waals surface area contributed by atoms with Crippen molar-refractivity contribution in [1.82, 2.24) is 0 Å². The Balaban J connectivity index is 0.0000000907. The van der Waals surface area contributed by atoms with E-state index in [1.54, 1.807) is 0 Å². The van der Waals surface area contributed by atoms with Gasteiger partial charge in [0.1, 0.15) is 0 Å². The van der Waals surface area contributed by atoms with Crippen molar-refractivity contribution < 1.29 is 0 Å². The van der Waals surface area contributed by atoms with Crippen molar-refractivity contribution in [3.8, 4) is 0 Å². The average molecular weight is 106 g/mol. The Morgan fingerprint density at radius 3 is 1.12 bits per heavy atom. The molecule has 0 aromatic heterocycles. The summed E-state index contributed by atoms with van der Waals surface area (Å²) in [6, 6.07) is 0. The van der Waals surface area contributed by atoms with Gasteiger partial charge >= 0.3 is 0 Å². The van der Waals surface area contributed by atoms with Crippen LogP contribution in [0.2, 0.25) is 0 Å².